The van der Waals surface area contributed by atoms with Crippen molar-refractivity contribution in [2.45, 2.75) is 37.6 Å². The highest BCUT2D eigenvalue weighted by atomic mass is 16.1. The highest BCUT2D eigenvalue weighted by molar-refractivity contribution is 5.88. The van der Waals surface area contributed by atoms with E-state index >= 15 is 0 Å². The summed E-state index contributed by atoms with van der Waals surface area (Å²) in [5, 5.41) is 2.85. The van der Waals surface area contributed by atoms with Gasteiger partial charge in [0.2, 0.25) is 5.91 Å². The van der Waals surface area contributed by atoms with E-state index in [1.807, 2.05) is 12.1 Å². The van der Waals surface area contributed by atoms with Gasteiger partial charge in [0.1, 0.15) is 0 Å². The van der Waals surface area contributed by atoms with Crippen molar-refractivity contribution in [2.75, 3.05) is 18.9 Å². The number of hydrogen-bond acceptors (Lipinski definition) is 2. The van der Waals surface area contributed by atoms with Crippen LogP contribution in [0.25, 0.3) is 0 Å². The van der Waals surface area contributed by atoms with E-state index < -0.39 is 0 Å². The number of rotatable bonds is 2. The summed E-state index contributed by atoms with van der Waals surface area (Å²) in [5.74, 6) is 1.09. The van der Waals surface area contributed by atoms with Gasteiger partial charge in [-0.2, -0.15) is 0 Å². The van der Waals surface area contributed by atoms with E-state index in [4.69, 9.17) is 0 Å². The van der Waals surface area contributed by atoms with Gasteiger partial charge in [-0.05, 0) is 55.3 Å². The molecular formula is C21H24N2O. The third-order valence-electron chi connectivity index (χ3n) is 5.70. The van der Waals surface area contributed by atoms with Crippen LogP contribution in [0.15, 0.2) is 48.5 Å². The lowest BCUT2D eigenvalue weighted by molar-refractivity contribution is -0.114. The summed E-state index contributed by atoms with van der Waals surface area (Å²) in [4.78, 5) is 13.7. The Morgan fingerprint density at radius 3 is 2.50 bits per heavy atom. The zero-order valence-electron chi connectivity index (χ0n) is 14.3. The molecule has 1 amide bonds. The lowest BCUT2D eigenvalue weighted by atomic mass is 9.71. The van der Waals surface area contributed by atoms with Crippen molar-refractivity contribution in [3.05, 3.63) is 65.2 Å². The van der Waals surface area contributed by atoms with Crippen LogP contribution in [0.2, 0.25) is 0 Å². The van der Waals surface area contributed by atoms with Gasteiger partial charge >= 0.3 is 0 Å². The number of carbonyl (C=O) groups excluding carboxylic acids is 1. The van der Waals surface area contributed by atoms with E-state index in [0.29, 0.717) is 17.9 Å². The highest BCUT2D eigenvalue weighted by Gasteiger charge is 2.40. The first-order valence-electron chi connectivity index (χ1n) is 8.80. The number of hydrogen-bond donors (Lipinski definition) is 1. The van der Waals surface area contributed by atoms with Crippen LogP contribution in [-0.2, 0) is 4.79 Å². The third-order valence-corrected chi connectivity index (χ3v) is 5.70. The topological polar surface area (TPSA) is 32.3 Å². The van der Waals surface area contributed by atoms with Gasteiger partial charge in [-0.25, -0.2) is 0 Å². The Hall–Kier alpha value is -2.13. The molecule has 1 N–H and O–H groups in total. The van der Waals surface area contributed by atoms with Crippen molar-refractivity contribution in [1.82, 2.24) is 4.90 Å². The van der Waals surface area contributed by atoms with Gasteiger partial charge < -0.3 is 10.2 Å². The molecule has 0 radical (unpaired) electrons. The SMILES string of the molecule is CC(=O)Nc1ccc([C@@H]2C[C@H]3[C@H](CCN3C)c3ccccc32)cc1. The predicted molar refractivity (Wildman–Crippen MR) is 97.4 cm³/mol. The first-order valence-corrected chi connectivity index (χ1v) is 8.80. The van der Waals surface area contributed by atoms with E-state index in [2.05, 4.69) is 53.7 Å². The highest BCUT2D eigenvalue weighted by Crippen LogP contribution is 2.47. The normalized spacial score (nSPS) is 25.8. The molecule has 2 aromatic carbocycles. The minimum atomic E-state index is -0.0267. The summed E-state index contributed by atoms with van der Waals surface area (Å²) >= 11 is 0. The lowest BCUT2D eigenvalue weighted by Gasteiger charge is -2.37. The van der Waals surface area contributed by atoms with Crippen molar-refractivity contribution in [1.29, 1.82) is 0 Å². The van der Waals surface area contributed by atoms with E-state index in [9.17, 15) is 4.79 Å². The average Bonchev–Trinajstić information content (AvgIpc) is 2.96. The number of likely N-dealkylation sites (N-methyl/N-ethyl adjacent to an activating group) is 1. The van der Waals surface area contributed by atoms with Crippen LogP contribution < -0.4 is 5.32 Å². The number of anilines is 1. The van der Waals surface area contributed by atoms with Gasteiger partial charge in [0.25, 0.3) is 0 Å². The maximum Gasteiger partial charge on any atom is 0.221 e. The van der Waals surface area contributed by atoms with Crippen LogP contribution >= 0.6 is 0 Å². The van der Waals surface area contributed by atoms with Crippen LogP contribution in [0.1, 0.15) is 48.3 Å². The Bertz CT molecular complexity index is 753. The number of amides is 1. The molecule has 0 spiro atoms. The molecule has 2 aromatic rings. The zero-order valence-corrected chi connectivity index (χ0v) is 14.3. The van der Waals surface area contributed by atoms with Crippen LogP contribution in [0.4, 0.5) is 5.69 Å². The molecular weight excluding hydrogens is 296 g/mol. The van der Waals surface area contributed by atoms with E-state index in [0.717, 1.165) is 5.69 Å². The van der Waals surface area contributed by atoms with Crippen LogP contribution in [0.3, 0.4) is 0 Å². The van der Waals surface area contributed by atoms with E-state index in [1.54, 1.807) is 6.92 Å². The van der Waals surface area contributed by atoms with Crippen molar-refractivity contribution in [3.8, 4) is 0 Å². The number of benzene rings is 2. The van der Waals surface area contributed by atoms with Crippen LogP contribution in [0.5, 0.6) is 0 Å². The first-order chi connectivity index (χ1) is 11.6. The molecule has 0 saturated carbocycles. The van der Waals surface area contributed by atoms with Gasteiger partial charge in [0.15, 0.2) is 0 Å². The quantitative estimate of drug-likeness (QED) is 0.908. The van der Waals surface area contributed by atoms with Gasteiger partial charge in [-0.1, -0.05) is 36.4 Å². The molecule has 0 aromatic heterocycles. The minimum absolute atomic E-state index is 0.0267. The fourth-order valence-corrected chi connectivity index (χ4v) is 4.57. The predicted octanol–water partition coefficient (Wildman–Crippen LogP) is 3.97. The lowest BCUT2D eigenvalue weighted by Crippen LogP contribution is -2.34. The van der Waals surface area contributed by atoms with Gasteiger partial charge in [-0.15, -0.1) is 0 Å². The number of fused-ring (bicyclic) bond motifs is 3. The Balaban J connectivity index is 1.70. The fraction of sp³-hybridized carbons (Fsp3) is 0.381. The minimum Gasteiger partial charge on any atom is -0.326 e. The smallest absolute Gasteiger partial charge is 0.221 e. The van der Waals surface area contributed by atoms with E-state index in [1.165, 1.54) is 36.1 Å². The summed E-state index contributed by atoms with van der Waals surface area (Å²) in [6, 6.07) is 18.0. The summed E-state index contributed by atoms with van der Waals surface area (Å²) in [6.45, 7) is 2.74. The Kier molecular flexibility index (Phi) is 3.89. The number of nitrogens with one attached hydrogen (secondary N) is 1. The second-order valence-electron chi connectivity index (χ2n) is 7.16. The summed E-state index contributed by atoms with van der Waals surface area (Å²) in [7, 11) is 2.26. The second kappa shape index (κ2) is 6.06. The van der Waals surface area contributed by atoms with Crippen LogP contribution in [0, 0.1) is 0 Å². The molecule has 4 rings (SSSR count). The zero-order chi connectivity index (χ0) is 16.7. The summed E-state index contributed by atoms with van der Waals surface area (Å²) in [6.07, 6.45) is 2.45. The molecule has 0 bridgehead atoms. The molecule has 1 aliphatic carbocycles. The second-order valence-corrected chi connectivity index (χ2v) is 7.16. The molecule has 0 unspecified atom stereocenters. The molecule has 3 nitrogen and oxygen atoms in total. The van der Waals surface area contributed by atoms with Crippen LogP contribution in [-0.4, -0.2) is 30.4 Å². The maximum absolute atomic E-state index is 11.2. The maximum atomic E-state index is 11.2. The number of likely N-dealkylation sites (tertiary alicyclic amines) is 1. The van der Waals surface area contributed by atoms with Crippen molar-refractivity contribution in [2.24, 2.45) is 0 Å². The summed E-state index contributed by atoms with van der Waals surface area (Å²) in [5.41, 5.74) is 5.23. The number of nitrogens with zero attached hydrogens (tertiary/aromatic N) is 1. The standard InChI is InChI=1S/C21H24N2O/c1-14(24)22-16-9-7-15(8-10-16)20-13-21-19(11-12-23(21)2)17-5-3-4-6-18(17)20/h3-10,19-21H,11-13H2,1-2H3,(H,22,24)/t19-,20+,21+/m1/s1. The Morgan fingerprint density at radius 2 is 1.79 bits per heavy atom. The first kappa shape index (κ1) is 15.4. The molecule has 1 heterocycles. The average molecular weight is 320 g/mol. The molecule has 1 saturated heterocycles. The molecule has 124 valence electrons. The largest absolute Gasteiger partial charge is 0.326 e. The molecule has 3 atom stereocenters. The monoisotopic (exact) mass is 320 g/mol. The third kappa shape index (κ3) is 2.63. The molecule has 24 heavy (non-hydrogen) atoms. The van der Waals surface area contributed by atoms with Crippen molar-refractivity contribution >= 4 is 11.6 Å². The van der Waals surface area contributed by atoms with Gasteiger partial charge in [0.05, 0.1) is 0 Å². The Labute approximate surface area is 143 Å². The van der Waals surface area contributed by atoms with Crippen molar-refractivity contribution in [3.63, 3.8) is 0 Å². The van der Waals surface area contributed by atoms with Gasteiger partial charge in [-0.3, -0.25) is 4.79 Å². The molecule has 1 aliphatic heterocycles. The molecule has 2 aliphatic rings. The fourth-order valence-electron chi connectivity index (χ4n) is 4.57. The van der Waals surface area contributed by atoms with Crippen molar-refractivity contribution < 1.29 is 4.79 Å². The van der Waals surface area contributed by atoms with Gasteiger partial charge in [0, 0.05) is 30.5 Å². The summed E-state index contributed by atoms with van der Waals surface area (Å²) < 4.78 is 0. The molecule has 3 heteroatoms. The number of carbonyl (C=O) groups is 1. The Morgan fingerprint density at radius 1 is 1.08 bits per heavy atom. The molecule has 1 fully saturated rings. The van der Waals surface area contributed by atoms with E-state index in [-0.39, 0.29) is 5.91 Å².